The number of hydrogen-bond acceptors (Lipinski definition) is 2. The molecule has 14 heavy (non-hydrogen) atoms. The first-order valence-corrected chi connectivity index (χ1v) is 3.68. The minimum Gasteiger partial charge on any atom is -0.384 e. The summed E-state index contributed by atoms with van der Waals surface area (Å²) in [6.45, 7) is -0.386. The SMILES string of the molecule is N#Cc1c(F)cc(C#CCO)cc1F. The summed E-state index contributed by atoms with van der Waals surface area (Å²) >= 11 is 0. The van der Waals surface area contributed by atoms with Gasteiger partial charge in [-0.2, -0.15) is 5.26 Å². The third-order valence-electron chi connectivity index (χ3n) is 1.47. The van der Waals surface area contributed by atoms with Crippen LogP contribution >= 0.6 is 0 Å². The first-order chi connectivity index (χ1) is 6.69. The molecule has 0 radical (unpaired) electrons. The Morgan fingerprint density at radius 3 is 2.29 bits per heavy atom. The summed E-state index contributed by atoms with van der Waals surface area (Å²) in [6.07, 6.45) is 0. The highest BCUT2D eigenvalue weighted by molar-refractivity contribution is 5.42. The molecule has 0 atom stereocenters. The van der Waals surface area contributed by atoms with Gasteiger partial charge in [0.1, 0.15) is 29.9 Å². The van der Waals surface area contributed by atoms with Crippen LogP contribution in [-0.2, 0) is 0 Å². The molecule has 1 rings (SSSR count). The highest BCUT2D eigenvalue weighted by Gasteiger charge is 2.09. The Labute approximate surface area is 79.4 Å². The van der Waals surface area contributed by atoms with Crippen LogP contribution in [0.5, 0.6) is 0 Å². The minimum absolute atomic E-state index is 0.0908. The van der Waals surface area contributed by atoms with Crippen molar-refractivity contribution in [3.63, 3.8) is 0 Å². The van der Waals surface area contributed by atoms with Crippen molar-refractivity contribution < 1.29 is 13.9 Å². The van der Waals surface area contributed by atoms with E-state index in [2.05, 4.69) is 11.8 Å². The van der Waals surface area contributed by atoms with Crippen LogP contribution in [0.4, 0.5) is 8.78 Å². The number of benzene rings is 1. The van der Waals surface area contributed by atoms with E-state index in [0.29, 0.717) is 0 Å². The van der Waals surface area contributed by atoms with Crippen LogP contribution in [0.25, 0.3) is 0 Å². The third kappa shape index (κ3) is 2.07. The van der Waals surface area contributed by atoms with E-state index in [0.717, 1.165) is 12.1 Å². The second-order valence-electron chi connectivity index (χ2n) is 2.39. The van der Waals surface area contributed by atoms with Crippen molar-refractivity contribution in [2.75, 3.05) is 6.61 Å². The van der Waals surface area contributed by atoms with Crippen LogP contribution in [0.2, 0.25) is 0 Å². The standard InChI is InChI=1S/C10H5F2NO/c11-9-4-7(2-1-3-14)5-10(12)8(9)6-13/h4-5,14H,3H2. The molecule has 0 aliphatic heterocycles. The van der Waals surface area contributed by atoms with Crippen LogP contribution in [0.3, 0.4) is 0 Å². The molecule has 70 valence electrons. The van der Waals surface area contributed by atoms with Crippen LogP contribution < -0.4 is 0 Å². The molecule has 1 aromatic carbocycles. The van der Waals surface area contributed by atoms with Gasteiger partial charge in [-0.15, -0.1) is 0 Å². The van der Waals surface area contributed by atoms with Crippen LogP contribution in [-0.4, -0.2) is 11.7 Å². The van der Waals surface area contributed by atoms with Gasteiger partial charge in [-0.1, -0.05) is 11.8 Å². The molecule has 0 aliphatic carbocycles. The maximum Gasteiger partial charge on any atom is 0.145 e. The van der Waals surface area contributed by atoms with Gasteiger partial charge in [0.2, 0.25) is 0 Å². The number of hydrogen-bond donors (Lipinski definition) is 1. The van der Waals surface area contributed by atoms with Gasteiger partial charge in [0.05, 0.1) is 0 Å². The Bertz CT molecular complexity index is 428. The molecular formula is C10H5F2NO. The number of aliphatic hydroxyl groups excluding tert-OH is 1. The average molecular weight is 193 g/mol. The van der Waals surface area contributed by atoms with Crippen molar-refractivity contribution in [3.8, 4) is 17.9 Å². The molecule has 4 heteroatoms. The lowest BCUT2D eigenvalue weighted by molar-refractivity contribution is 0.350. The van der Waals surface area contributed by atoms with Gasteiger partial charge in [0.25, 0.3) is 0 Å². The fraction of sp³-hybridized carbons (Fsp3) is 0.100. The lowest BCUT2D eigenvalue weighted by atomic mass is 10.1. The van der Waals surface area contributed by atoms with Crippen molar-refractivity contribution >= 4 is 0 Å². The Morgan fingerprint density at radius 2 is 1.86 bits per heavy atom. The van der Waals surface area contributed by atoms with E-state index in [1.165, 1.54) is 6.07 Å². The lowest BCUT2D eigenvalue weighted by Crippen LogP contribution is -1.91. The molecule has 0 aliphatic rings. The smallest absolute Gasteiger partial charge is 0.145 e. The Hall–Kier alpha value is -1.91. The molecule has 0 saturated heterocycles. The minimum atomic E-state index is -0.949. The molecule has 0 saturated carbocycles. The fourth-order valence-electron chi connectivity index (χ4n) is 0.894. The molecule has 1 aromatic rings. The summed E-state index contributed by atoms with van der Waals surface area (Å²) < 4.78 is 25.9. The van der Waals surface area contributed by atoms with E-state index in [4.69, 9.17) is 10.4 Å². The maximum atomic E-state index is 12.9. The van der Waals surface area contributed by atoms with E-state index in [1.807, 2.05) is 0 Å². The van der Waals surface area contributed by atoms with Gasteiger partial charge in [0.15, 0.2) is 0 Å². The molecule has 0 heterocycles. The normalized spacial score (nSPS) is 8.71. The van der Waals surface area contributed by atoms with Crippen molar-refractivity contribution in [1.29, 1.82) is 5.26 Å². The van der Waals surface area contributed by atoms with Gasteiger partial charge in [-0.05, 0) is 12.1 Å². The molecule has 0 aromatic heterocycles. The summed E-state index contributed by atoms with van der Waals surface area (Å²) in [5.74, 6) is 2.69. The van der Waals surface area contributed by atoms with E-state index < -0.39 is 17.2 Å². The van der Waals surface area contributed by atoms with Crippen molar-refractivity contribution in [3.05, 3.63) is 34.9 Å². The van der Waals surface area contributed by atoms with Crippen molar-refractivity contribution in [2.24, 2.45) is 0 Å². The second-order valence-corrected chi connectivity index (χ2v) is 2.39. The number of halogens is 2. The molecule has 0 unspecified atom stereocenters. The predicted molar refractivity (Wildman–Crippen MR) is 45.0 cm³/mol. The zero-order chi connectivity index (χ0) is 10.6. The Morgan fingerprint density at radius 1 is 1.29 bits per heavy atom. The quantitative estimate of drug-likeness (QED) is 0.629. The zero-order valence-corrected chi connectivity index (χ0v) is 7.01. The summed E-state index contributed by atoms with van der Waals surface area (Å²) in [7, 11) is 0. The first-order valence-electron chi connectivity index (χ1n) is 3.68. The predicted octanol–water partition coefficient (Wildman–Crippen LogP) is 1.18. The monoisotopic (exact) mass is 193 g/mol. The van der Waals surface area contributed by atoms with Crippen molar-refractivity contribution in [2.45, 2.75) is 0 Å². The second kappa shape index (κ2) is 4.36. The molecule has 0 amide bonds. The van der Waals surface area contributed by atoms with E-state index in [1.54, 1.807) is 0 Å². The third-order valence-corrected chi connectivity index (χ3v) is 1.47. The Balaban J connectivity index is 3.22. The van der Waals surface area contributed by atoms with E-state index in [9.17, 15) is 8.78 Å². The number of nitriles is 1. The van der Waals surface area contributed by atoms with Gasteiger partial charge >= 0.3 is 0 Å². The average Bonchev–Trinajstić information content (AvgIpc) is 2.14. The summed E-state index contributed by atoms with van der Waals surface area (Å²) in [5, 5.41) is 16.7. The fourth-order valence-corrected chi connectivity index (χ4v) is 0.894. The molecular weight excluding hydrogens is 188 g/mol. The molecule has 0 spiro atoms. The van der Waals surface area contributed by atoms with Gasteiger partial charge in [-0.3, -0.25) is 0 Å². The van der Waals surface area contributed by atoms with Gasteiger partial charge < -0.3 is 5.11 Å². The molecule has 0 fully saturated rings. The summed E-state index contributed by atoms with van der Waals surface area (Å²) in [6, 6.07) is 3.30. The lowest BCUT2D eigenvalue weighted by Gasteiger charge is -1.96. The highest BCUT2D eigenvalue weighted by atomic mass is 19.1. The number of aliphatic hydroxyl groups is 1. The first kappa shape index (κ1) is 10.2. The van der Waals surface area contributed by atoms with Crippen molar-refractivity contribution in [1.82, 2.24) is 0 Å². The highest BCUT2D eigenvalue weighted by Crippen LogP contribution is 2.13. The number of rotatable bonds is 0. The molecule has 1 N–H and O–H groups in total. The van der Waals surface area contributed by atoms with Gasteiger partial charge in [0, 0.05) is 5.56 Å². The summed E-state index contributed by atoms with van der Waals surface area (Å²) in [4.78, 5) is 0. The largest absolute Gasteiger partial charge is 0.384 e. The Kier molecular flexibility index (Phi) is 3.17. The molecule has 2 nitrogen and oxygen atoms in total. The van der Waals surface area contributed by atoms with E-state index in [-0.39, 0.29) is 12.2 Å². The van der Waals surface area contributed by atoms with Crippen LogP contribution in [0.15, 0.2) is 12.1 Å². The maximum absolute atomic E-state index is 12.9. The van der Waals surface area contributed by atoms with Crippen LogP contribution in [0.1, 0.15) is 11.1 Å². The zero-order valence-electron chi connectivity index (χ0n) is 7.01. The van der Waals surface area contributed by atoms with E-state index >= 15 is 0 Å². The number of nitrogens with zero attached hydrogens (tertiary/aromatic N) is 1. The summed E-state index contributed by atoms with van der Waals surface area (Å²) in [5.41, 5.74) is -0.535. The van der Waals surface area contributed by atoms with Gasteiger partial charge in [-0.25, -0.2) is 8.78 Å². The topological polar surface area (TPSA) is 44.0 Å². The van der Waals surface area contributed by atoms with Crippen LogP contribution in [0, 0.1) is 34.8 Å². The molecule has 0 bridgehead atoms.